The van der Waals surface area contributed by atoms with Crippen LogP contribution in [-0.2, 0) is 0 Å². The Balaban J connectivity index is 2.08. The van der Waals surface area contributed by atoms with Crippen LogP contribution in [0.3, 0.4) is 0 Å². The molecule has 0 fully saturated rings. The molecule has 0 aliphatic carbocycles. The molecule has 47 heavy (non-hydrogen) atoms. The first-order valence-corrected chi connectivity index (χ1v) is 20.5. The molecule has 1 rings (SSSR count). The van der Waals surface area contributed by atoms with Gasteiger partial charge in [0.15, 0.2) is 11.5 Å². The van der Waals surface area contributed by atoms with Gasteiger partial charge in [-0.2, -0.15) is 0 Å². The summed E-state index contributed by atoms with van der Waals surface area (Å²) in [5.41, 5.74) is 0.451. The molecule has 0 unspecified atom stereocenters. The second-order valence-electron chi connectivity index (χ2n) is 13.5. The van der Waals surface area contributed by atoms with Gasteiger partial charge in [0.1, 0.15) is 0 Å². The van der Waals surface area contributed by atoms with Crippen molar-refractivity contribution in [3.63, 3.8) is 0 Å². The van der Waals surface area contributed by atoms with Crippen LogP contribution >= 0.6 is 11.6 Å². The predicted molar refractivity (Wildman–Crippen MR) is 207 cm³/mol. The van der Waals surface area contributed by atoms with E-state index in [1.54, 1.807) is 12.1 Å². The maximum absolute atomic E-state index is 11.7. The second kappa shape index (κ2) is 34.1. The SMILES string of the molecule is CCCCCCCC/C=C\CCCCCCCCOc1ccc(C(=O)Cl)cc1OCCCCCCCC/C=C\CCCCCCCC. The zero-order chi connectivity index (χ0) is 33.9. The van der Waals surface area contributed by atoms with Crippen LogP contribution in [0.25, 0.3) is 0 Å². The van der Waals surface area contributed by atoms with Crippen LogP contribution in [0.2, 0.25) is 0 Å². The Morgan fingerprint density at radius 2 is 0.830 bits per heavy atom. The maximum atomic E-state index is 11.7. The number of unbranched alkanes of at least 4 members (excludes halogenated alkanes) is 24. The number of hydrogen-bond acceptors (Lipinski definition) is 3. The van der Waals surface area contributed by atoms with E-state index < -0.39 is 5.24 Å². The third-order valence-electron chi connectivity index (χ3n) is 9.00. The summed E-state index contributed by atoms with van der Waals surface area (Å²) < 4.78 is 12.2. The first kappa shape index (κ1) is 43.3. The predicted octanol–water partition coefficient (Wildman–Crippen LogP) is 14.9. The first-order valence-electron chi connectivity index (χ1n) is 20.1. The summed E-state index contributed by atoms with van der Waals surface area (Å²) >= 11 is 5.75. The van der Waals surface area contributed by atoms with Crippen LogP contribution < -0.4 is 9.47 Å². The standard InChI is InChI=1S/C43H73ClO3/c1-3-5-7-9-11-13-15-17-19-21-23-25-27-29-31-33-37-46-41-36-35-40(43(44)45)39-42(41)47-38-34-32-30-28-26-24-22-20-18-16-14-12-10-8-6-4-2/h17-20,35-36,39H,3-16,21-34,37-38H2,1-2H3/b19-17-,20-18-. The molecular formula is C43H73ClO3. The Morgan fingerprint density at radius 3 is 1.21 bits per heavy atom. The molecule has 4 heteroatoms. The maximum Gasteiger partial charge on any atom is 0.252 e. The first-order chi connectivity index (χ1) is 23.2. The highest BCUT2D eigenvalue weighted by molar-refractivity contribution is 6.67. The van der Waals surface area contributed by atoms with Gasteiger partial charge in [-0.3, -0.25) is 4.79 Å². The highest BCUT2D eigenvalue weighted by atomic mass is 35.5. The molecule has 0 atom stereocenters. The van der Waals surface area contributed by atoms with Gasteiger partial charge in [0.2, 0.25) is 0 Å². The van der Waals surface area contributed by atoms with Crippen LogP contribution in [0.4, 0.5) is 0 Å². The van der Waals surface area contributed by atoms with E-state index in [4.69, 9.17) is 21.1 Å². The molecule has 0 radical (unpaired) electrons. The number of halogens is 1. The third-order valence-corrected chi connectivity index (χ3v) is 9.22. The molecule has 0 aromatic heterocycles. The van der Waals surface area contributed by atoms with Crippen molar-refractivity contribution in [1.82, 2.24) is 0 Å². The average Bonchev–Trinajstić information content (AvgIpc) is 3.07. The fraction of sp³-hybridized carbons (Fsp3) is 0.744. The lowest BCUT2D eigenvalue weighted by molar-refractivity contribution is 0.108. The van der Waals surface area contributed by atoms with Crippen LogP contribution in [0.15, 0.2) is 42.5 Å². The summed E-state index contributed by atoms with van der Waals surface area (Å²) in [4.78, 5) is 11.7. The largest absolute Gasteiger partial charge is 0.490 e. The number of ether oxygens (including phenoxy) is 2. The average molecular weight is 674 g/mol. The van der Waals surface area contributed by atoms with Crippen LogP contribution in [0.5, 0.6) is 11.5 Å². The lowest BCUT2D eigenvalue weighted by Gasteiger charge is -2.14. The number of benzene rings is 1. The quantitative estimate of drug-likeness (QED) is 0.0409. The summed E-state index contributed by atoms with van der Waals surface area (Å²) in [7, 11) is 0. The monoisotopic (exact) mass is 673 g/mol. The highest BCUT2D eigenvalue weighted by Crippen LogP contribution is 2.30. The lowest BCUT2D eigenvalue weighted by atomic mass is 10.1. The Labute approximate surface area is 296 Å². The van der Waals surface area contributed by atoms with Crippen LogP contribution in [0.1, 0.15) is 204 Å². The molecule has 0 saturated carbocycles. The van der Waals surface area contributed by atoms with Gasteiger partial charge >= 0.3 is 0 Å². The Morgan fingerprint density at radius 1 is 0.489 bits per heavy atom. The fourth-order valence-corrected chi connectivity index (χ4v) is 6.04. The van der Waals surface area contributed by atoms with Gasteiger partial charge in [0.25, 0.3) is 5.24 Å². The van der Waals surface area contributed by atoms with Crippen molar-refractivity contribution in [3.05, 3.63) is 48.1 Å². The second-order valence-corrected chi connectivity index (χ2v) is 13.9. The number of carbonyl (C=O) groups is 1. The zero-order valence-electron chi connectivity index (χ0n) is 30.9. The van der Waals surface area contributed by atoms with Crippen molar-refractivity contribution < 1.29 is 14.3 Å². The van der Waals surface area contributed by atoms with E-state index in [1.807, 2.05) is 6.07 Å². The van der Waals surface area contributed by atoms with Gasteiger partial charge in [-0.05, 0) is 94.0 Å². The van der Waals surface area contributed by atoms with Crippen molar-refractivity contribution >= 4 is 16.8 Å². The lowest BCUT2D eigenvalue weighted by Crippen LogP contribution is -2.04. The van der Waals surface area contributed by atoms with Crippen molar-refractivity contribution in [1.29, 1.82) is 0 Å². The molecule has 1 aromatic carbocycles. The summed E-state index contributed by atoms with van der Waals surface area (Å²) in [5.74, 6) is 1.35. The smallest absolute Gasteiger partial charge is 0.252 e. The third kappa shape index (κ3) is 27.9. The Bertz CT molecular complexity index is 893. The van der Waals surface area contributed by atoms with E-state index in [2.05, 4.69) is 38.2 Å². The van der Waals surface area contributed by atoms with Gasteiger partial charge in [0, 0.05) is 5.56 Å². The van der Waals surface area contributed by atoms with Gasteiger partial charge in [0.05, 0.1) is 13.2 Å². The van der Waals surface area contributed by atoms with Gasteiger partial charge in [-0.1, -0.05) is 154 Å². The molecule has 3 nitrogen and oxygen atoms in total. The molecular weight excluding hydrogens is 600 g/mol. The van der Waals surface area contributed by atoms with Crippen LogP contribution in [0, 0.1) is 0 Å². The normalized spacial score (nSPS) is 11.6. The molecule has 0 N–H and O–H groups in total. The minimum atomic E-state index is -0.466. The van der Waals surface area contributed by atoms with E-state index in [1.165, 1.54) is 161 Å². The summed E-state index contributed by atoms with van der Waals surface area (Å²) in [5, 5.41) is -0.466. The van der Waals surface area contributed by atoms with E-state index >= 15 is 0 Å². The molecule has 1 aromatic rings. The summed E-state index contributed by atoms with van der Waals surface area (Å²) in [6.07, 6.45) is 45.7. The number of carbonyl (C=O) groups excluding carboxylic acids is 1. The molecule has 0 bridgehead atoms. The molecule has 0 amide bonds. The number of rotatable bonds is 35. The Hall–Kier alpha value is -1.74. The molecule has 0 heterocycles. The zero-order valence-corrected chi connectivity index (χ0v) is 31.6. The van der Waals surface area contributed by atoms with E-state index in [0.717, 1.165) is 19.3 Å². The highest BCUT2D eigenvalue weighted by Gasteiger charge is 2.10. The van der Waals surface area contributed by atoms with Gasteiger partial charge in [-0.25, -0.2) is 0 Å². The van der Waals surface area contributed by atoms with Crippen molar-refractivity contribution in [2.75, 3.05) is 13.2 Å². The Kier molecular flexibility index (Phi) is 31.4. The van der Waals surface area contributed by atoms with E-state index in [-0.39, 0.29) is 0 Å². The minimum absolute atomic E-state index is 0.451. The minimum Gasteiger partial charge on any atom is -0.490 e. The van der Waals surface area contributed by atoms with Gasteiger partial charge < -0.3 is 9.47 Å². The molecule has 270 valence electrons. The van der Waals surface area contributed by atoms with Crippen molar-refractivity contribution in [3.8, 4) is 11.5 Å². The number of allylic oxidation sites excluding steroid dienone is 4. The van der Waals surface area contributed by atoms with Crippen molar-refractivity contribution in [2.24, 2.45) is 0 Å². The van der Waals surface area contributed by atoms with E-state index in [9.17, 15) is 4.79 Å². The summed E-state index contributed by atoms with van der Waals surface area (Å²) in [6.45, 7) is 5.85. The molecule has 0 aliphatic heterocycles. The fourth-order valence-electron chi connectivity index (χ4n) is 5.93. The number of hydrogen-bond donors (Lipinski definition) is 0. The topological polar surface area (TPSA) is 35.5 Å². The van der Waals surface area contributed by atoms with E-state index in [0.29, 0.717) is 30.3 Å². The van der Waals surface area contributed by atoms with Crippen LogP contribution in [-0.4, -0.2) is 18.5 Å². The molecule has 0 spiro atoms. The summed E-state index contributed by atoms with van der Waals surface area (Å²) in [6, 6.07) is 5.28. The molecule has 0 saturated heterocycles. The van der Waals surface area contributed by atoms with Gasteiger partial charge in [-0.15, -0.1) is 0 Å². The van der Waals surface area contributed by atoms with Crippen molar-refractivity contribution in [2.45, 2.75) is 194 Å². The molecule has 0 aliphatic rings.